The van der Waals surface area contributed by atoms with E-state index in [9.17, 15) is 8.78 Å². The minimum atomic E-state index is -1.91. The third-order valence-electron chi connectivity index (χ3n) is 8.09. The summed E-state index contributed by atoms with van der Waals surface area (Å²) >= 11 is 0. The lowest BCUT2D eigenvalue weighted by Gasteiger charge is -2.46. The maximum Gasteiger partial charge on any atom is 0.132 e. The molecular weight excluding hydrogens is 548 g/mol. The monoisotopic (exact) mass is 579 g/mol. The van der Waals surface area contributed by atoms with Crippen molar-refractivity contribution >= 4 is 26.8 Å². The molecule has 3 atom stereocenters. The molecule has 1 saturated carbocycles. The van der Waals surface area contributed by atoms with Gasteiger partial charge in [0.25, 0.3) is 0 Å². The van der Waals surface area contributed by atoms with Gasteiger partial charge in [0.1, 0.15) is 23.3 Å². The Morgan fingerprint density at radius 2 is 1.02 bits per heavy atom. The van der Waals surface area contributed by atoms with E-state index in [4.69, 9.17) is 0 Å². The average molecular weight is 580 g/mol. The highest BCUT2D eigenvalue weighted by Crippen LogP contribution is 2.77. The number of hydrogen-bond donors (Lipinski definition) is 0. The Balaban J connectivity index is 1.60. The zero-order chi connectivity index (χ0) is 27.6. The van der Waals surface area contributed by atoms with E-state index in [0.717, 1.165) is 62.8 Å². The van der Waals surface area contributed by atoms with Crippen molar-refractivity contribution in [3.05, 3.63) is 131 Å². The standard InChI is InChI=1S/C33H31F4NP2/c34-25-15-17-28(36)32(21-25)40(33-22-26(35)16-18-29(33)37)38(27-13-7-8-14-27)39-30(23-9-3-1-4-10-23)19-20-31(39)24-11-5-2-6-12-24/h1-6,9-12,15-18,21-22,27,30-31H,7-8,13-14,19-20H2/t30-,31?,39?/m0/s1. The van der Waals surface area contributed by atoms with Crippen LogP contribution in [-0.2, 0) is 0 Å². The normalized spacial score (nSPS) is 21.5. The van der Waals surface area contributed by atoms with E-state index >= 15 is 8.78 Å². The van der Waals surface area contributed by atoms with Crippen molar-refractivity contribution in [2.45, 2.75) is 55.9 Å². The Kier molecular flexibility index (Phi) is 8.35. The molecular formula is C33H31F4NP2. The highest BCUT2D eigenvalue weighted by atomic mass is 31.2. The predicted molar refractivity (Wildman–Crippen MR) is 158 cm³/mol. The molecule has 7 heteroatoms. The van der Waals surface area contributed by atoms with Gasteiger partial charge >= 0.3 is 0 Å². The van der Waals surface area contributed by atoms with Crippen molar-refractivity contribution in [1.82, 2.24) is 4.44 Å². The third kappa shape index (κ3) is 5.49. The van der Waals surface area contributed by atoms with Gasteiger partial charge < -0.3 is 0 Å². The van der Waals surface area contributed by atoms with Gasteiger partial charge in [-0.2, -0.15) is 0 Å². The summed E-state index contributed by atoms with van der Waals surface area (Å²) < 4.78 is 63.4. The Labute approximate surface area is 235 Å². The molecule has 0 radical (unpaired) electrons. The van der Waals surface area contributed by atoms with E-state index in [0.29, 0.717) is 0 Å². The molecule has 1 heterocycles. The predicted octanol–water partition coefficient (Wildman–Crippen LogP) is 9.51. The Hall–Kier alpha value is -2.58. The summed E-state index contributed by atoms with van der Waals surface area (Å²) in [4.78, 5) is 0. The largest absolute Gasteiger partial charge is 0.248 e. The molecule has 1 nitrogen and oxygen atoms in total. The number of nitrogens with zero attached hydrogens (tertiary/aromatic N) is 1. The smallest absolute Gasteiger partial charge is 0.132 e. The van der Waals surface area contributed by atoms with Crippen LogP contribution in [0.2, 0.25) is 0 Å². The summed E-state index contributed by atoms with van der Waals surface area (Å²) in [5, 5.41) is 0.249. The minimum absolute atomic E-state index is 0.0677. The fraction of sp³-hybridized carbons (Fsp3) is 0.273. The van der Waals surface area contributed by atoms with Crippen LogP contribution in [0.3, 0.4) is 0 Å². The van der Waals surface area contributed by atoms with E-state index in [1.807, 2.05) is 36.4 Å². The van der Waals surface area contributed by atoms with Crippen molar-refractivity contribution in [3.8, 4) is 0 Å². The topological polar surface area (TPSA) is 3.24 Å². The van der Waals surface area contributed by atoms with Crippen LogP contribution in [0.1, 0.15) is 61.0 Å². The third-order valence-corrected chi connectivity index (χ3v) is 14.8. The summed E-state index contributed by atoms with van der Waals surface area (Å²) in [6, 6.07) is 27.7. The highest BCUT2D eigenvalue weighted by Gasteiger charge is 2.48. The van der Waals surface area contributed by atoms with Gasteiger partial charge in [0.05, 0.1) is 0 Å². The molecule has 0 amide bonds. The summed E-state index contributed by atoms with van der Waals surface area (Å²) in [6.45, 7) is 0. The first-order chi connectivity index (χ1) is 19.5. The molecule has 2 unspecified atom stereocenters. The van der Waals surface area contributed by atoms with Crippen molar-refractivity contribution in [2.75, 3.05) is 0 Å². The molecule has 1 aliphatic heterocycles. The molecule has 1 aliphatic carbocycles. The van der Waals surface area contributed by atoms with E-state index in [2.05, 4.69) is 28.7 Å². The first-order valence-corrected chi connectivity index (χ1v) is 16.6. The van der Waals surface area contributed by atoms with Crippen LogP contribution in [0.4, 0.5) is 17.6 Å². The summed E-state index contributed by atoms with van der Waals surface area (Å²) in [6.07, 6.45) is 5.73. The molecule has 40 heavy (non-hydrogen) atoms. The fourth-order valence-electron chi connectivity index (χ4n) is 6.31. The number of rotatable bonds is 7. The molecule has 4 aromatic rings. The van der Waals surface area contributed by atoms with Crippen LogP contribution < -0.4 is 10.6 Å². The SMILES string of the molecule is Fc1ccc(F)c(P(c2cc(F)ccc2F)N(C2CCCC2)P2C(c3ccccc3)CC[C@H]2c2ccccc2)c1. The van der Waals surface area contributed by atoms with Crippen LogP contribution in [-0.4, -0.2) is 10.5 Å². The van der Waals surface area contributed by atoms with Crippen LogP contribution in [0.25, 0.3) is 0 Å². The van der Waals surface area contributed by atoms with Gasteiger partial charge in [0.2, 0.25) is 0 Å². The van der Waals surface area contributed by atoms with E-state index < -0.39 is 39.4 Å². The zero-order valence-electron chi connectivity index (χ0n) is 22.1. The van der Waals surface area contributed by atoms with Gasteiger partial charge in [-0.1, -0.05) is 73.5 Å². The molecule has 206 valence electrons. The first kappa shape index (κ1) is 27.6. The second-order valence-electron chi connectivity index (χ2n) is 10.6. The van der Waals surface area contributed by atoms with Gasteiger partial charge in [-0.15, -0.1) is 0 Å². The molecule has 0 spiro atoms. The van der Waals surface area contributed by atoms with Gasteiger partial charge in [0, 0.05) is 36.0 Å². The van der Waals surface area contributed by atoms with Crippen LogP contribution >= 0.6 is 16.1 Å². The summed E-state index contributed by atoms with van der Waals surface area (Å²) in [7, 11) is -2.96. The molecule has 0 aromatic heterocycles. The van der Waals surface area contributed by atoms with Crippen molar-refractivity contribution in [3.63, 3.8) is 0 Å². The Bertz CT molecular complexity index is 1350. The summed E-state index contributed by atoms with van der Waals surface area (Å²) in [5.41, 5.74) is 2.76. The van der Waals surface area contributed by atoms with E-state index in [1.165, 1.54) is 23.3 Å². The number of hydrogen-bond acceptors (Lipinski definition) is 1. The maximum absolute atomic E-state index is 15.7. The lowest BCUT2D eigenvalue weighted by atomic mass is 10.0. The van der Waals surface area contributed by atoms with Crippen molar-refractivity contribution in [2.24, 2.45) is 0 Å². The van der Waals surface area contributed by atoms with Gasteiger partial charge in [-0.05, 0) is 81.3 Å². The second-order valence-corrected chi connectivity index (χ2v) is 15.3. The molecule has 0 bridgehead atoms. The van der Waals surface area contributed by atoms with Crippen LogP contribution in [0.15, 0.2) is 97.1 Å². The number of halogens is 4. The lowest BCUT2D eigenvalue weighted by Crippen LogP contribution is -2.35. The highest BCUT2D eigenvalue weighted by molar-refractivity contribution is 7.79. The Morgan fingerprint density at radius 1 is 0.575 bits per heavy atom. The maximum atomic E-state index is 15.7. The van der Waals surface area contributed by atoms with Crippen LogP contribution in [0, 0.1) is 23.3 Å². The van der Waals surface area contributed by atoms with E-state index in [-0.39, 0.29) is 28.0 Å². The molecule has 2 aliphatic rings. The van der Waals surface area contributed by atoms with Crippen molar-refractivity contribution in [1.29, 1.82) is 0 Å². The Morgan fingerprint density at radius 3 is 1.48 bits per heavy atom. The fourth-order valence-corrected chi connectivity index (χ4v) is 14.2. The van der Waals surface area contributed by atoms with Crippen molar-refractivity contribution < 1.29 is 17.6 Å². The lowest BCUT2D eigenvalue weighted by molar-refractivity contribution is 0.497. The van der Waals surface area contributed by atoms with E-state index in [1.54, 1.807) is 0 Å². The number of benzene rings is 4. The molecule has 2 fully saturated rings. The molecule has 0 N–H and O–H groups in total. The van der Waals surface area contributed by atoms with Gasteiger partial charge in [0.15, 0.2) is 0 Å². The molecule has 6 rings (SSSR count). The second kappa shape index (κ2) is 12.1. The minimum Gasteiger partial charge on any atom is -0.248 e. The van der Waals surface area contributed by atoms with Gasteiger partial charge in [-0.3, -0.25) is 0 Å². The average Bonchev–Trinajstić information content (AvgIpc) is 3.67. The first-order valence-electron chi connectivity index (χ1n) is 13.9. The van der Waals surface area contributed by atoms with Gasteiger partial charge in [-0.25, -0.2) is 22.0 Å². The quantitative estimate of drug-likeness (QED) is 0.156. The molecule has 1 saturated heterocycles. The van der Waals surface area contributed by atoms with Crippen LogP contribution in [0.5, 0.6) is 0 Å². The molecule has 4 aromatic carbocycles. The zero-order valence-corrected chi connectivity index (χ0v) is 23.9. The summed E-state index contributed by atoms with van der Waals surface area (Å²) in [5.74, 6) is -2.32.